The number of benzene rings is 1. The Kier molecular flexibility index (Phi) is 2.76. The Labute approximate surface area is 105 Å². The Bertz CT molecular complexity index is 548. The predicted molar refractivity (Wildman–Crippen MR) is 65.7 cm³/mol. The average Bonchev–Trinajstić information content (AvgIpc) is 3.06. The van der Waals surface area contributed by atoms with Crippen molar-refractivity contribution in [2.45, 2.75) is 5.92 Å². The number of hydrogen-bond donors (Lipinski definition) is 1. The first-order valence-electron chi connectivity index (χ1n) is 5.87. The zero-order chi connectivity index (χ0) is 12.4. The monoisotopic (exact) mass is 243 g/mol. The van der Waals surface area contributed by atoms with E-state index < -0.39 is 0 Å². The molecule has 1 aromatic heterocycles. The van der Waals surface area contributed by atoms with Gasteiger partial charge in [0.15, 0.2) is 0 Å². The lowest BCUT2D eigenvalue weighted by Crippen LogP contribution is -2.28. The van der Waals surface area contributed by atoms with Crippen LogP contribution in [-0.2, 0) is 0 Å². The van der Waals surface area contributed by atoms with Crippen molar-refractivity contribution in [3.05, 3.63) is 54.0 Å². The zero-order valence-corrected chi connectivity index (χ0v) is 9.76. The Balaban J connectivity index is 1.64. The third-order valence-electron chi connectivity index (χ3n) is 3.09. The first-order chi connectivity index (χ1) is 8.84. The minimum atomic E-state index is -0.117. The highest BCUT2D eigenvalue weighted by atomic mass is 16.5. The van der Waals surface area contributed by atoms with Gasteiger partial charge in [-0.25, -0.2) is 0 Å². The third-order valence-corrected chi connectivity index (χ3v) is 3.09. The van der Waals surface area contributed by atoms with Crippen molar-refractivity contribution in [2.75, 3.05) is 13.2 Å². The third kappa shape index (κ3) is 1.97. The maximum absolute atomic E-state index is 11.8. The van der Waals surface area contributed by atoms with Gasteiger partial charge in [-0.15, -0.1) is 0 Å². The molecule has 1 aliphatic rings. The van der Waals surface area contributed by atoms with Crippen LogP contribution >= 0.6 is 0 Å². The summed E-state index contributed by atoms with van der Waals surface area (Å²) in [4.78, 5) is 11.8. The van der Waals surface area contributed by atoms with E-state index in [1.165, 1.54) is 12.5 Å². The molecule has 1 amide bonds. The van der Waals surface area contributed by atoms with E-state index in [9.17, 15) is 4.79 Å². The van der Waals surface area contributed by atoms with Crippen LogP contribution in [-0.4, -0.2) is 19.1 Å². The standard InChI is InChI=1S/C14H13NO3/c16-14(10-5-6-17-8-10)15-7-11-9-18-13-4-2-1-3-12(11)13/h1-6,8,11H,7,9H2,(H,15,16)/t11-/m1/s1. The summed E-state index contributed by atoms with van der Waals surface area (Å²) in [5.74, 6) is 1.02. The summed E-state index contributed by atoms with van der Waals surface area (Å²) < 4.78 is 10.4. The number of ether oxygens (including phenoxy) is 1. The van der Waals surface area contributed by atoms with Crippen molar-refractivity contribution in [2.24, 2.45) is 0 Å². The topological polar surface area (TPSA) is 51.5 Å². The molecule has 0 radical (unpaired) electrons. The molecule has 1 aromatic carbocycles. The van der Waals surface area contributed by atoms with Gasteiger partial charge in [0.25, 0.3) is 5.91 Å². The molecule has 92 valence electrons. The highest BCUT2D eigenvalue weighted by molar-refractivity contribution is 5.93. The molecule has 0 spiro atoms. The number of nitrogens with one attached hydrogen (secondary N) is 1. The van der Waals surface area contributed by atoms with E-state index >= 15 is 0 Å². The van der Waals surface area contributed by atoms with Crippen molar-refractivity contribution in [1.29, 1.82) is 0 Å². The van der Waals surface area contributed by atoms with Gasteiger partial charge in [0.2, 0.25) is 0 Å². The van der Waals surface area contributed by atoms with Crippen molar-refractivity contribution in [3.63, 3.8) is 0 Å². The summed E-state index contributed by atoms with van der Waals surface area (Å²) in [6.07, 6.45) is 2.93. The molecule has 0 saturated heterocycles. The molecule has 4 nitrogen and oxygen atoms in total. The molecule has 18 heavy (non-hydrogen) atoms. The van der Waals surface area contributed by atoms with Crippen LogP contribution in [0.4, 0.5) is 0 Å². The summed E-state index contributed by atoms with van der Waals surface area (Å²) in [5, 5.41) is 2.89. The Morgan fingerprint density at radius 2 is 2.22 bits per heavy atom. The molecule has 2 aromatic rings. The molecule has 2 heterocycles. The van der Waals surface area contributed by atoms with E-state index in [1.54, 1.807) is 6.07 Å². The highest BCUT2D eigenvalue weighted by Crippen LogP contribution is 2.32. The number of hydrogen-bond acceptors (Lipinski definition) is 3. The molecule has 0 fully saturated rings. The van der Waals surface area contributed by atoms with Gasteiger partial charge in [0, 0.05) is 18.0 Å². The molecular weight excluding hydrogens is 230 g/mol. The predicted octanol–water partition coefficient (Wildman–Crippen LogP) is 2.19. The fourth-order valence-corrected chi connectivity index (χ4v) is 2.11. The number of para-hydroxylation sites is 1. The zero-order valence-electron chi connectivity index (χ0n) is 9.76. The fourth-order valence-electron chi connectivity index (χ4n) is 2.11. The van der Waals surface area contributed by atoms with E-state index in [0.717, 1.165) is 11.3 Å². The van der Waals surface area contributed by atoms with E-state index in [-0.39, 0.29) is 11.8 Å². The maximum Gasteiger partial charge on any atom is 0.254 e. The second-order valence-electron chi connectivity index (χ2n) is 4.27. The van der Waals surface area contributed by atoms with Crippen LogP contribution in [0.15, 0.2) is 47.3 Å². The number of fused-ring (bicyclic) bond motifs is 1. The summed E-state index contributed by atoms with van der Waals surface area (Å²) >= 11 is 0. The van der Waals surface area contributed by atoms with Crippen LogP contribution in [0, 0.1) is 0 Å². The van der Waals surface area contributed by atoms with Crippen molar-refractivity contribution in [1.82, 2.24) is 5.32 Å². The Morgan fingerprint density at radius 1 is 1.33 bits per heavy atom. The quantitative estimate of drug-likeness (QED) is 0.899. The van der Waals surface area contributed by atoms with Crippen LogP contribution in [0.1, 0.15) is 21.8 Å². The minimum Gasteiger partial charge on any atom is -0.493 e. The molecule has 1 aliphatic heterocycles. The van der Waals surface area contributed by atoms with E-state index in [2.05, 4.69) is 5.32 Å². The Morgan fingerprint density at radius 3 is 3.06 bits per heavy atom. The molecular formula is C14H13NO3. The summed E-state index contributed by atoms with van der Waals surface area (Å²) in [5.41, 5.74) is 1.70. The number of amides is 1. The summed E-state index contributed by atoms with van der Waals surface area (Å²) in [6.45, 7) is 1.19. The average molecular weight is 243 g/mol. The van der Waals surface area contributed by atoms with Gasteiger partial charge in [-0.3, -0.25) is 4.79 Å². The van der Waals surface area contributed by atoms with Crippen molar-refractivity contribution >= 4 is 5.91 Å². The number of furan rings is 1. The van der Waals surface area contributed by atoms with Crippen LogP contribution in [0.25, 0.3) is 0 Å². The minimum absolute atomic E-state index is 0.117. The van der Waals surface area contributed by atoms with Crippen molar-refractivity contribution in [3.8, 4) is 5.75 Å². The van der Waals surface area contributed by atoms with Gasteiger partial charge in [-0.2, -0.15) is 0 Å². The second kappa shape index (κ2) is 4.56. The van der Waals surface area contributed by atoms with Gasteiger partial charge < -0.3 is 14.5 Å². The fraction of sp³-hybridized carbons (Fsp3) is 0.214. The number of carbonyl (C=O) groups is 1. The van der Waals surface area contributed by atoms with Gasteiger partial charge in [0.1, 0.15) is 12.0 Å². The second-order valence-corrected chi connectivity index (χ2v) is 4.27. The molecule has 1 atom stereocenters. The lowest BCUT2D eigenvalue weighted by atomic mass is 10.0. The number of rotatable bonds is 3. The molecule has 0 aliphatic carbocycles. The van der Waals surface area contributed by atoms with Gasteiger partial charge in [-0.1, -0.05) is 18.2 Å². The summed E-state index contributed by atoms with van der Waals surface area (Å²) in [6, 6.07) is 9.57. The lowest BCUT2D eigenvalue weighted by molar-refractivity contribution is 0.0949. The largest absolute Gasteiger partial charge is 0.493 e. The van der Waals surface area contributed by atoms with Gasteiger partial charge in [-0.05, 0) is 12.1 Å². The first kappa shape index (κ1) is 10.9. The summed E-state index contributed by atoms with van der Waals surface area (Å²) in [7, 11) is 0. The Hall–Kier alpha value is -2.23. The van der Waals surface area contributed by atoms with Gasteiger partial charge >= 0.3 is 0 Å². The van der Waals surface area contributed by atoms with E-state index in [4.69, 9.17) is 9.15 Å². The number of carbonyl (C=O) groups excluding carboxylic acids is 1. The molecule has 1 N–H and O–H groups in total. The van der Waals surface area contributed by atoms with Crippen LogP contribution in [0.5, 0.6) is 5.75 Å². The maximum atomic E-state index is 11.8. The normalized spacial score (nSPS) is 17.0. The molecule has 3 rings (SSSR count). The highest BCUT2D eigenvalue weighted by Gasteiger charge is 2.24. The van der Waals surface area contributed by atoms with E-state index in [1.807, 2.05) is 24.3 Å². The SMILES string of the molecule is O=C(NC[C@@H]1COc2ccccc21)c1ccoc1. The first-order valence-corrected chi connectivity index (χ1v) is 5.87. The smallest absolute Gasteiger partial charge is 0.254 e. The molecule has 0 saturated carbocycles. The van der Waals surface area contributed by atoms with Crippen LogP contribution in [0.2, 0.25) is 0 Å². The van der Waals surface area contributed by atoms with Crippen LogP contribution in [0.3, 0.4) is 0 Å². The molecule has 0 unspecified atom stereocenters. The van der Waals surface area contributed by atoms with Crippen LogP contribution < -0.4 is 10.1 Å². The lowest BCUT2D eigenvalue weighted by Gasteiger charge is -2.09. The van der Waals surface area contributed by atoms with Crippen molar-refractivity contribution < 1.29 is 13.9 Å². The van der Waals surface area contributed by atoms with E-state index in [0.29, 0.717) is 18.7 Å². The van der Waals surface area contributed by atoms with Gasteiger partial charge in [0.05, 0.1) is 18.4 Å². The molecule has 4 heteroatoms. The molecule has 0 bridgehead atoms.